The molecule has 1 N–H and O–H groups in total. The van der Waals surface area contributed by atoms with Crippen LogP contribution in [0.15, 0.2) is 34.7 Å². The molecule has 20 heavy (non-hydrogen) atoms. The normalized spacial score (nSPS) is 24.9. The number of para-hydroxylation sites is 1. The molecule has 2 heteroatoms. The third-order valence-electron chi connectivity index (χ3n) is 4.72. The van der Waals surface area contributed by atoms with Crippen LogP contribution in [0, 0.1) is 5.92 Å². The van der Waals surface area contributed by atoms with Gasteiger partial charge in [0.15, 0.2) is 0 Å². The van der Waals surface area contributed by atoms with Crippen LogP contribution in [0.5, 0.6) is 0 Å². The van der Waals surface area contributed by atoms with E-state index in [0.29, 0.717) is 12.1 Å². The van der Waals surface area contributed by atoms with E-state index in [9.17, 15) is 0 Å². The molecule has 1 aromatic heterocycles. The van der Waals surface area contributed by atoms with Gasteiger partial charge in [-0.1, -0.05) is 44.4 Å². The van der Waals surface area contributed by atoms with Crippen LogP contribution in [0.3, 0.4) is 0 Å². The number of nitrogens with one attached hydrogen (secondary N) is 1. The topological polar surface area (TPSA) is 25.2 Å². The summed E-state index contributed by atoms with van der Waals surface area (Å²) in [5, 5.41) is 4.97. The van der Waals surface area contributed by atoms with Gasteiger partial charge in [0.2, 0.25) is 0 Å². The van der Waals surface area contributed by atoms with Crippen LogP contribution >= 0.6 is 0 Å². The second kappa shape index (κ2) is 6.01. The first-order valence-electron chi connectivity index (χ1n) is 8.00. The van der Waals surface area contributed by atoms with Gasteiger partial charge in [-0.25, -0.2) is 0 Å². The molecule has 3 atom stereocenters. The maximum atomic E-state index is 5.96. The average molecular weight is 271 g/mol. The standard InChI is InChI=1S/C18H25NO/c1-3-14-7-6-9-16(11-14)19-13(2)18-12-15-8-4-5-10-17(15)20-18/h4-5,8,10,12-14,16,19H,3,6-7,9,11H2,1-2H3. The predicted octanol–water partition coefficient (Wildman–Crippen LogP) is 5.05. The van der Waals surface area contributed by atoms with Crippen LogP contribution in [0.4, 0.5) is 0 Å². The largest absolute Gasteiger partial charge is 0.459 e. The second-order valence-electron chi connectivity index (χ2n) is 6.21. The zero-order valence-electron chi connectivity index (χ0n) is 12.6. The van der Waals surface area contributed by atoms with Gasteiger partial charge in [0.25, 0.3) is 0 Å². The molecule has 0 radical (unpaired) electrons. The van der Waals surface area contributed by atoms with Crippen molar-refractivity contribution >= 4 is 11.0 Å². The van der Waals surface area contributed by atoms with E-state index in [-0.39, 0.29) is 0 Å². The lowest BCUT2D eigenvalue weighted by atomic mass is 9.84. The van der Waals surface area contributed by atoms with Gasteiger partial charge >= 0.3 is 0 Å². The number of fused-ring (bicyclic) bond motifs is 1. The third kappa shape index (κ3) is 2.90. The maximum Gasteiger partial charge on any atom is 0.134 e. The van der Waals surface area contributed by atoms with Gasteiger partial charge in [0.05, 0.1) is 6.04 Å². The van der Waals surface area contributed by atoms with Crippen molar-refractivity contribution in [1.29, 1.82) is 0 Å². The van der Waals surface area contributed by atoms with Crippen molar-refractivity contribution in [2.75, 3.05) is 0 Å². The fraction of sp³-hybridized carbons (Fsp3) is 0.556. The van der Waals surface area contributed by atoms with E-state index in [2.05, 4.69) is 37.4 Å². The number of hydrogen-bond acceptors (Lipinski definition) is 2. The molecule has 0 amide bonds. The summed E-state index contributed by atoms with van der Waals surface area (Å²) in [5.74, 6) is 1.97. The lowest BCUT2D eigenvalue weighted by molar-refractivity contribution is 0.258. The van der Waals surface area contributed by atoms with E-state index in [1.165, 1.54) is 37.5 Å². The molecular weight excluding hydrogens is 246 g/mol. The highest BCUT2D eigenvalue weighted by atomic mass is 16.3. The van der Waals surface area contributed by atoms with Crippen molar-refractivity contribution in [1.82, 2.24) is 5.32 Å². The summed E-state index contributed by atoms with van der Waals surface area (Å²) in [4.78, 5) is 0. The monoisotopic (exact) mass is 271 g/mol. The van der Waals surface area contributed by atoms with E-state index in [4.69, 9.17) is 4.42 Å². The summed E-state index contributed by atoms with van der Waals surface area (Å²) in [5.41, 5.74) is 0.992. The highest BCUT2D eigenvalue weighted by Crippen LogP contribution is 2.29. The Balaban J connectivity index is 1.67. The highest BCUT2D eigenvalue weighted by molar-refractivity contribution is 5.77. The zero-order chi connectivity index (χ0) is 13.9. The molecule has 1 saturated carbocycles. The van der Waals surface area contributed by atoms with Crippen LogP contribution in [0.1, 0.15) is 57.8 Å². The third-order valence-corrected chi connectivity index (χ3v) is 4.72. The van der Waals surface area contributed by atoms with Crippen LogP contribution in [-0.2, 0) is 0 Å². The van der Waals surface area contributed by atoms with Gasteiger partial charge in [-0.3, -0.25) is 0 Å². The number of benzene rings is 1. The Bertz CT molecular complexity index is 526. The molecule has 2 nitrogen and oxygen atoms in total. The molecule has 1 aromatic carbocycles. The minimum Gasteiger partial charge on any atom is -0.459 e. The van der Waals surface area contributed by atoms with Crippen molar-refractivity contribution in [2.45, 2.75) is 58.0 Å². The van der Waals surface area contributed by atoms with Gasteiger partial charge in [-0.05, 0) is 37.8 Å². The first-order valence-corrected chi connectivity index (χ1v) is 8.00. The molecular formula is C18H25NO. The molecule has 3 unspecified atom stereocenters. The van der Waals surface area contributed by atoms with Crippen LogP contribution in [-0.4, -0.2) is 6.04 Å². The van der Waals surface area contributed by atoms with Crippen LogP contribution < -0.4 is 5.32 Å². The molecule has 1 aliphatic rings. The van der Waals surface area contributed by atoms with Gasteiger partial charge in [-0.2, -0.15) is 0 Å². The summed E-state index contributed by atoms with van der Waals surface area (Å²) >= 11 is 0. The first kappa shape index (κ1) is 13.7. The van der Waals surface area contributed by atoms with Gasteiger partial charge < -0.3 is 9.73 Å². The summed E-state index contributed by atoms with van der Waals surface area (Å²) < 4.78 is 5.96. The Morgan fingerprint density at radius 2 is 2.15 bits per heavy atom. The van der Waals surface area contributed by atoms with E-state index in [1.807, 2.05) is 12.1 Å². The number of furan rings is 1. The smallest absolute Gasteiger partial charge is 0.134 e. The van der Waals surface area contributed by atoms with Gasteiger partial charge in [0, 0.05) is 11.4 Å². The first-order chi connectivity index (χ1) is 9.76. The van der Waals surface area contributed by atoms with Crippen molar-refractivity contribution in [3.05, 3.63) is 36.1 Å². The lowest BCUT2D eigenvalue weighted by Gasteiger charge is -2.31. The van der Waals surface area contributed by atoms with Crippen molar-refractivity contribution in [3.8, 4) is 0 Å². The van der Waals surface area contributed by atoms with E-state index < -0.39 is 0 Å². The lowest BCUT2D eigenvalue weighted by Crippen LogP contribution is -2.35. The van der Waals surface area contributed by atoms with Gasteiger partial charge in [0.1, 0.15) is 11.3 Å². The highest BCUT2D eigenvalue weighted by Gasteiger charge is 2.23. The van der Waals surface area contributed by atoms with Crippen molar-refractivity contribution in [2.24, 2.45) is 5.92 Å². The van der Waals surface area contributed by atoms with E-state index >= 15 is 0 Å². The van der Waals surface area contributed by atoms with Crippen molar-refractivity contribution in [3.63, 3.8) is 0 Å². The minimum atomic E-state index is 0.294. The second-order valence-corrected chi connectivity index (χ2v) is 6.21. The van der Waals surface area contributed by atoms with Crippen LogP contribution in [0.2, 0.25) is 0 Å². The Kier molecular flexibility index (Phi) is 4.11. The molecule has 0 saturated heterocycles. The van der Waals surface area contributed by atoms with E-state index in [0.717, 1.165) is 17.3 Å². The molecule has 3 rings (SSSR count). The molecule has 1 aliphatic carbocycles. The summed E-state index contributed by atoms with van der Waals surface area (Å²) in [6.07, 6.45) is 6.72. The summed E-state index contributed by atoms with van der Waals surface area (Å²) in [7, 11) is 0. The van der Waals surface area contributed by atoms with E-state index in [1.54, 1.807) is 0 Å². The SMILES string of the molecule is CCC1CCCC(NC(C)c2cc3ccccc3o2)C1. The molecule has 0 aliphatic heterocycles. The molecule has 108 valence electrons. The summed E-state index contributed by atoms with van der Waals surface area (Å²) in [6, 6.07) is 11.4. The Morgan fingerprint density at radius 1 is 1.30 bits per heavy atom. The molecule has 0 spiro atoms. The Labute approximate surface area is 121 Å². The minimum absolute atomic E-state index is 0.294. The Morgan fingerprint density at radius 3 is 2.95 bits per heavy atom. The molecule has 2 aromatic rings. The number of hydrogen-bond donors (Lipinski definition) is 1. The number of rotatable bonds is 4. The predicted molar refractivity (Wildman–Crippen MR) is 83.8 cm³/mol. The van der Waals surface area contributed by atoms with Crippen LogP contribution in [0.25, 0.3) is 11.0 Å². The molecule has 0 bridgehead atoms. The fourth-order valence-electron chi connectivity index (χ4n) is 3.46. The quantitative estimate of drug-likeness (QED) is 0.841. The maximum absolute atomic E-state index is 5.96. The van der Waals surface area contributed by atoms with Gasteiger partial charge in [-0.15, -0.1) is 0 Å². The average Bonchev–Trinajstić information content (AvgIpc) is 2.91. The molecule has 1 heterocycles. The zero-order valence-corrected chi connectivity index (χ0v) is 12.6. The fourth-order valence-corrected chi connectivity index (χ4v) is 3.46. The Hall–Kier alpha value is -1.28. The summed E-state index contributed by atoms with van der Waals surface area (Å²) in [6.45, 7) is 4.53. The molecule has 1 fully saturated rings. The van der Waals surface area contributed by atoms with Crippen molar-refractivity contribution < 1.29 is 4.42 Å².